The highest BCUT2D eigenvalue weighted by Gasteiger charge is 2.35. The molecule has 1 fully saturated rings. The van der Waals surface area contributed by atoms with Gasteiger partial charge < -0.3 is 20.3 Å². The van der Waals surface area contributed by atoms with Gasteiger partial charge in [0.05, 0.1) is 18.7 Å². The number of aryl methyl sites for hydroxylation is 1. The maximum absolute atomic E-state index is 12.0. The van der Waals surface area contributed by atoms with E-state index in [0.717, 1.165) is 18.6 Å². The molecule has 3 N–H and O–H groups in total. The van der Waals surface area contributed by atoms with Gasteiger partial charge in [-0.15, -0.1) is 0 Å². The third-order valence-electron chi connectivity index (χ3n) is 4.34. The maximum Gasteiger partial charge on any atom is 0.315 e. The summed E-state index contributed by atoms with van der Waals surface area (Å²) in [5.74, 6) is 1.05. The molecule has 21 heavy (non-hydrogen) atoms. The molecule has 6 heteroatoms. The molecule has 0 unspecified atom stereocenters. The van der Waals surface area contributed by atoms with Gasteiger partial charge in [-0.2, -0.15) is 0 Å². The van der Waals surface area contributed by atoms with Crippen molar-refractivity contribution in [1.82, 2.24) is 15.8 Å². The van der Waals surface area contributed by atoms with E-state index in [9.17, 15) is 9.90 Å². The average Bonchev–Trinajstić information content (AvgIpc) is 2.91. The third kappa shape index (κ3) is 4.20. The minimum atomic E-state index is -0.565. The minimum absolute atomic E-state index is 0.0475. The molecule has 2 rings (SSSR count). The Hall–Kier alpha value is -1.56. The second-order valence-electron chi connectivity index (χ2n) is 6.15. The van der Waals surface area contributed by atoms with Gasteiger partial charge in [-0.05, 0) is 32.6 Å². The molecule has 1 aromatic rings. The first kappa shape index (κ1) is 15.8. The zero-order chi connectivity index (χ0) is 15.3. The van der Waals surface area contributed by atoms with Gasteiger partial charge in [-0.1, -0.05) is 24.4 Å². The highest BCUT2D eigenvalue weighted by molar-refractivity contribution is 5.74. The van der Waals surface area contributed by atoms with Crippen molar-refractivity contribution in [2.24, 2.45) is 5.92 Å². The molecule has 1 aliphatic rings. The zero-order valence-corrected chi connectivity index (χ0v) is 12.8. The molecule has 0 radical (unpaired) electrons. The molecule has 0 aliphatic heterocycles. The molecule has 0 saturated heterocycles. The quantitative estimate of drug-likeness (QED) is 0.776. The van der Waals surface area contributed by atoms with E-state index in [1.807, 2.05) is 13.8 Å². The molecule has 1 saturated carbocycles. The number of rotatable bonds is 5. The summed E-state index contributed by atoms with van der Waals surface area (Å²) in [7, 11) is 0. The van der Waals surface area contributed by atoms with E-state index < -0.39 is 5.54 Å². The van der Waals surface area contributed by atoms with Gasteiger partial charge in [0.15, 0.2) is 0 Å². The van der Waals surface area contributed by atoms with Crippen LogP contribution in [0.5, 0.6) is 0 Å². The number of urea groups is 1. The number of carbonyl (C=O) groups excluding carboxylic acids is 1. The summed E-state index contributed by atoms with van der Waals surface area (Å²) in [5, 5.41) is 19.2. The lowest BCUT2D eigenvalue weighted by atomic mass is 9.76. The smallest absolute Gasteiger partial charge is 0.315 e. The monoisotopic (exact) mass is 295 g/mol. The van der Waals surface area contributed by atoms with E-state index in [0.29, 0.717) is 18.2 Å². The van der Waals surface area contributed by atoms with E-state index >= 15 is 0 Å². The van der Waals surface area contributed by atoms with Crippen molar-refractivity contribution in [3.05, 3.63) is 17.5 Å². The number of aromatic nitrogens is 1. The van der Waals surface area contributed by atoms with Crippen LogP contribution in [0, 0.1) is 12.8 Å². The number of carbonyl (C=O) groups is 1. The topological polar surface area (TPSA) is 87.4 Å². The Morgan fingerprint density at radius 3 is 2.76 bits per heavy atom. The normalized spacial score (nSPS) is 19.0. The Balaban J connectivity index is 1.86. The van der Waals surface area contributed by atoms with Gasteiger partial charge in [0.25, 0.3) is 0 Å². The molecule has 118 valence electrons. The molecule has 0 spiro atoms. The van der Waals surface area contributed by atoms with E-state index in [-0.39, 0.29) is 12.6 Å². The number of hydrogen-bond donors (Lipinski definition) is 3. The third-order valence-corrected chi connectivity index (χ3v) is 4.34. The van der Waals surface area contributed by atoms with Crippen LogP contribution in [-0.2, 0) is 6.54 Å². The van der Waals surface area contributed by atoms with Crippen molar-refractivity contribution in [1.29, 1.82) is 0 Å². The van der Waals surface area contributed by atoms with Crippen molar-refractivity contribution in [2.45, 2.75) is 58.0 Å². The predicted octanol–water partition coefficient (Wildman–Crippen LogP) is 2.11. The lowest BCUT2D eigenvalue weighted by Crippen LogP contribution is -2.57. The van der Waals surface area contributed by atoms with Crippen LogP contribution in [0.25, 0.3) is 0 Å². The van der Waals surface area contributed by atoms with Gasteiger partial charge >= 0.3 is 6.03 Å². The Kier molecular flexibility index (Phi) is 5.22. The fraction of sp³-hybridized carbons (Fsp3) is 0.733. The standard InChI is InChI=1S/C15H25N3O3/c1-11-8-13(18-21-11)9-16-14(20)17-15(2,10-19)12-6-4-3-5-7-12/h8,12,19H,3-7,9-10H2,1-2H3,(H2,16,17,20)/t15-/m0/s1. The fourth-order valence-corrected chi connectivity index (χ4v) is 2.99. The van der Waals surface area contributed by atoms with Crippen LogP contribution in [0.4, 0.5) is 4.79 Å². The summed E-state index contributed by atoms with van der Waals surface area (Å²) in [6.07, 6.45) is 5.69. The molecule has 0 aromatic carbocycles. The van der Waals surface area contributed by atoms with Crippen LogP contribution in [0.15, 0.2) is 10.6 Å². The molecular formula is C15H25N3O3. The molecule has 1 aliphatic carbocycles. The van der Waals surface area contributed by atoms with Gasteiger partial charge in [0, 0.05) is 6.07 Å². The van der Waals surface area contributed by atoms with Gasteiger partial charge in [0.2, 0.25) is 0 Å². The number of aliphatic hydroxyl groups excluding tert-OH is 1. The Labute approximate surface area is 125 Å². The SMILES string of the molecule is Cc1cc(CNC(=O)N[C@@](C)(CO)C2CCCCC2)no1. The van der Waals surface area contributed by atoms with Crippen molar-refractivity contribution in [3.63, 3.8) is 0 Å². The molecule has 2 amide bonds. The van der Waals surface area contributed by atoms with E-state index in [4.69, 9.17) is 4.52 Å². The van der Waals surface area contributed by atoms with Crippen LogP contribution in [0.3, 0.4) is 0 Å². The number of nitrogens with one attached hydrogen (secondary N) is 2. The van der Waals surface area contributed by atoms with E-state index in [1.165, 1.54) is 19.3 Å². The molecular weight excluding hydrogens is 270 g/mol. The van der Waals surface area contributed by atoms with Gasteiger partial charge in [-0.25, -0.2) is 4.79 Å². The first-order valence-electron chi connectivity index (χ1n) is 7.62. The minimum Gasteiger partial charge on any atom is -0.394 e. The molecule has 1 atom stereocenters. The second-order valence-corrected chi connectivity index (χ2v) is 6.15. The zero-order valence-electron chi connectivity index (χ0n) is 12.8. The first-order chi connectivity index (χ1) is 10.0. The summed E-state index contributed by atoms with van der Waals surface area (Å²) >= 11 is 0. The predicted molar refractivity (Wildman–Crippen MR) is 78.7 cm³/mol. The fourth-order valence-electron chi connectivity index (χ4n) is 2.99. The van der Waals surface area contributed by atoms with E-state index in [1.54, 1.807) is 6.07 Å². The van der Waals surface area contributed by atoms with Crippen LogP contribution in [-0.4, -0.2) is 28.4 Å². The Morgan fingerprint density at radius 2 is 2.19 bits per heavy atom. The molecule has 6 nitrogen and oxygen atoms in total. The summed E-state index contributed by atoms with van der Waals surface area (Å²) in [6, 6.07) is 1.50. The van der Waals surface area contributed by atoms with Crippen LogP contribution in [0.2, 0.25) is 0 Å². The summed E-state index contributed by atoms with van der Waals surface area (Å²) in [6.45, 7) is 3.99. The lowest BCUT2D eigenvalue weighted by Gasteiger charge is -2.39. The van der Waals surface area contributed by atoms with Gasteiger partial charge in [-0.3, -0.25) is 0 Å². The average molecular weight is 295 g/mol. The van der Waals surface area contributed by atoms with Crippen LogP contribution >= 0.6 is 0 Å². The van der Waals surface area contributed by atoms with Crippen LogP contribution in [0.1, 0.15) is 50.5 Å². The highest BCUT2D eigenvalue weighted by Crippen LogP contribution is 2.32. The summed E-state index contributed by atoms with van der Waals surface area (Å²) in [5.41, 5.74) is 0.121. The van der Waals surface area contributed by atoms with Crippen molar-refractivity contribution >= 4 is 6.03 Å². The molecule has 0 bridgehead atoms. The number of aliphatic hydroxyl groups is 1. The molecule has 1 heterocycles. The van der Waals surface area contributed by atoms with Crippen molar-refractivity contribution in [3.8, 4) is 0 Å². The Morgan fingerprint density at radius 1 is 1.48 bits per heavy atom. The van der Waals surface area contributed by atoms with Gasteiger partial charge in [0.1, 0.15) is 11.5 Å². The van der Waals surface area contributed by atoms with Crippen LogP contribution < -0.4 is 10.6 Å². The van der Waals surface area contributed by atoms with E-state index in [2.05, 4.69) is 15.8 Å². The number of hydrogen-bond acceptors (Lipinski definition) is 4. The largest absolute Gasteiger partial charge is 0.394 e. The maximum atomic E-state index is 12.0. The van der Waals surface area contributed by atoms with Crippen molar-refractivity contribution < 1.29 is 14.4 Å². The number of nitrogens with zero attached hydrogens (tertiary/aromatic N) is 1. The van der Waals surface area contributed by atoms with Crippen molar-refractivity contribution in [2.75, 3.05) is 6.61 Å². The highest BCUT2D eigenvalue weighted by atomic mass is 16.5. The lowest BCUT2D eigenvalue weighted by molar-refractivity contribution is 0.101. The number of amides is 2. The first-order valence-corrected chi connectivity index (χ1v) is 7.62. The Bertz CT molecular complexity index is 468. The molecule has 1 aromatic heterocycles. The second kappa shape index (κ2) is 6.93. The summed E-state index contributed by atoms with van der Waals surface area (Å²) < 4.78 is 4.95. The summed E-state index contributed by atoms with van der Waals surface area (Å²) in [4.78, 5) is 12.0.